The first kappa shape index (κ1) is 14.7. The monoisotopic (exact) mass is 281 g/mol. The molecule has 1 unspecified atom stereocenters. The van der Waals surface area contributed by atoms with Gasteiger partial charge in [0.05, 0.1) is 12.2 Å². The Morgan fingerprint density at radius 3 is 3.10 bits per heavy atom. The molecule has 1 aromatic rings. The van der Waals surface area contributed by atoms with Crippen LogP contribution >= 0.6 is 0 Å². The summed E-state index contributed by atoms with van der Waals surface area (Å²) in [4.78, 5) is 0. The van der Waals surface area contributed by atoms with Gasteiger partial charge in [0.25, 0.3) is 0 Å². The van der Waals surface area contributed by atoms with Crippen molar-refractivity contribution < 1.29 is 14.3 Å². The van der Waals surface area contributed by atoms with Gasteiger partial charge in [-0.05, 0) is 24.8 Å². The number of nitrogens with two attached hydrogens (primary N) is 1. The summed E-state index contributed by atoms with van der Waals surface area (Å²) in [6.07, 6.45) is 2.22. The number of hydrogen-bond donors (Lipinski definition) is 3. The minimum Gasteiger partial charge on any atom is -0.409 e. The zero-order chi connectivity index (χ0) is 14.4. The molecule has 2 rings (SSSR count). The molecule has 0 radical (unpaired) electrons. The van der Waals surface area contributed by atoms with Gasteiger partial charge in [-0.15, -0.1) is 0 Å². The highest BCUT2D eigenvalue weighted by atomic mass is 19.1. The summed E-state index contributed by atoms with van der Waals surface area (Å²) in [5.74, 6) is -0.181. The van der Waals surface area contributed by atoms with Crippen molar-refractivity contribution in [2.75, 3.05) is 19.8 Å². The zero-order valence-corrected chi connectivity index (χ0v) is 11.3. The minimum atomic E-state index is -0.449. The molecule has 1 aliphatic heterocycles. The minimum absolute atomic E-state index is 0.118. The molecule has 1 fully saturated rings. The van der Waals surface area contributed by atoms with Crippen molar-refractivity contribution >= 4 is 5.84 Å². The third-order valence-electron chi connectivity index (χ3n) is 3.47. The van der Waals surface area contributed by atoms with E-state index in [1.807, 2.05) is 0 Å². The molecule has 6 heteroatoms. The number of halogens is 1. The molecule has 0 spiro atoms. The zero-order valence-electron chi connectivity index (χ0n) is 11.3. The number of benzene rings is 1. The van der Waals surface area contributed by atoms with Crippen molar-refractivity contribution in [1.82, 2.24) is 5.32 Å². The lowest BCUT2D eigenvalue weighted by Crippen LogP contribution is -2.29. The Morgan fingerprint density at radius 1 is 1.55 bits per heavy atom. The number of ether oxygens (including phenoxy) is 1. The van der Waals surface area contributed by atoms with Crippen molar-refractivity contribution in [2.45, 2.75) is 19.4 Å². The lowest BCUT2D eigenvalue weighted by Gasteiger charge is -2.22. The van der Waals surface area contributed by atoms with Gasteiger partial charge in [0.15, 0.2) is 5.84 Å². The Hall–Kier alpha value is -1.66. The van der Waals surface area contributed by atoms with Crippen molar-refractivity contribution in [3.8, 4) is 0 Å². The van der Waals surface area contributed by atoms with E-state index in [9.17, 15) is 4.39 Å². The topological polar surface area (TPSA) is 79.9 Å². The van der Waals surface area contributed by atoms with Crippen LogP contribution in [0.3, 0.4) is 0 Å². The van der Waals surface area contributed by atoms with Crippen molar-refractivity contribution in [3.63, 3.8) is 0 Å². The van der Waals surface area contributed by atoms with E-state index in [4.69, 9.17) is 15.7 Å². The molecule has 1 saturated heterocycles. The second-order valence-electron chi connectivity index (χ2n) is 4.98. The van der Waals surface area contributed by atoms with Gasteiger partial charge in [-0.2, -0.15) is 0 Å². The number of nitrogens with one attached hydrogen (secondary N) is 1. The van der Waals surface area contributed by atoms with Gasteiger partial charge >= 0.3 is 0 Å². The van der Waals surface area contributed by atoms with Crippen LogP contribution in [-0.2, 0) is 11.3 Å². The lowest BCUT2D eigenvalue weighted by molar-refractivity contribution is 0.0547. The van der Waals surface area contributed by atoms with E-state index in [1.54, 1.807) is 12.1 Å². The Morgan fingerprint density at radius 2 is 2.40 bits per heavy atom. The fourth-order valence-corrected chi connectivity index (χ4v) is 2.35. The second kappa shape index (κ2) is 7.21. The molecule has 20 heavy (non-hydrogen) atoms. The van der Waals surface area contributed by atoms with Crippen LogP contribution in [0.25, 0.3) is 0 Å². The first-order valence-electron chi connectivity index (χ1n) is 6.76. The fourth-order valence-electron chi connectivity index (χ4n) is 2.35. The molecule has 4 N–H and O–H groups in total. The third kappa shape index (κ3) is 3.68. The summed E-state index contributed by atoms with van der Waals surface area (Å²) in [5.41, 5.74) is 6.06. The molecule has 1 heterocycles. The molecule has 5 nitrogen and oxygen atoms in total. The molecule has 1 aliphatic rings. The maximum absolute atomic E-state index is 14.1. The van der Waals surface area contributed by atoms with Crippen molar-refractivity contribution in [3.05, 3.63) is 35.1 Å². The summed E-state index contributed by atoms with van der Waals surface area (Å²) in [6.45, 7) is 2.81. The molecule has 0 amide bonds. The van der Waals surface area contributed by atoms with Gasteiger partial charge in [0, 0.05) is 25.3 Å². The van der Waals surface area contributed by atoms with Gasteiger partial charge in [-0.3, -0.25) is 0 Å². The molecular formula is C14H20FN3O2. The largest absolute Gasteiger partial charge is 0.409 e. The van der Waals surface area contributed by atoms with E-state index in [0.29, 0.717) is 18.0 Å². The van der Waals surface area contributed by atoms with Gasteiger partial charge < -0.3 is 21.0 Å². The van der Waals surface area contributed by atoms with E-state index in [1.165, 1.54) is 6.07 Å². The molecule has 110 valence electrons. The van der Waals surface area contributed by atoms with E-state index >= 15 is 0 Å². The van der Waals surface area contributed by atoms with E-state index < -0.39 is 5.82 Å². The van der Waals surface area contributed by atoms with Crippen molar-refractivity contribution in [2.24, 2.45) is 16.8 Å². The first-order chi connectivity index (χ1) is 9.72. The van der Waals surface area contributed by atoms with Crippen LogP contribution in [0.15, 0.2) is 23.4 Å². The van der Waals surface area contributed by atoms with E-state index in [-0.39, 0.29) is 11.4 Å². The van der Waals surface area contributed by atoms with Crippen LogP contribution in [0.2, 0.25) is 0 Å². The smallest absolute Gasteiger partial charge is 0.173 e. The Balaban J connectivity index is 1.92. The summed E-state index contributed by atoms with van der Waals surface area (Å²) in [7, 11) is 0. The Kier molecular flexibility index (Phi) is 5.31. The number of nitrogens with zero attached hydrogens (tertiary/aromatic N) is 1. The number of rotatable bonds is 5. The van der Waals surface area contributed by atoms with E-state index in [2.05, 4.69) is 10.5 Å². The van der Waals surface area contributed by atoms with Crippen LogP contribution < -0.4 is 11.1 Å². The third-order valence-corrected chi connectivity index (χ3v) is 3.47. The molecule has 0 saturated carbocycles. The quantitative estimate of drug-likeness (QED) is 0.330. The normalized spacial score (nSPS) is 20.1. The average Bonchev–Trinajstić information content (AvgIpc) is 2.49. The second-order valence-corrected chi connectivity index (χ2v) is 4.98. The molecule has 0 aromatic heterocycles. The van der Waals surface area contributed by atoms with Crippen LogP contribution in [0.4, 0.5) is 4.39 Å². The highest BCUT2D eigenvalue weighted by Crippen LogP contribution is 2.15. The summed E-state index contributed by atoms with van der Waals surface area (Å²) in [5, 5.41) is 14.7. The fraction of sp³-hybridized carbons (Fsp3) is 0.500. The number of oxime groups is 1. The van der Waals surface area contributed by atoms with Gasteiger partial charge in [0.1, 0.15) is 5.82 Å². The van der Waals surface area contributed by atoms with Gasteiger partial charge in [-0.25, -0.2) is 4.39 Å². The number of hydrogen-bond acceptors (Lipinski definition) is 4. The summed E-state index contributed by atoms with van der Waals surface area (Å²) < 4.78 is 19.5. The summed E-state index contributed by atoms with van der Waals surface area (Å²) >= 11 is 0. The molecular weight excluding hydrogens is 261 g/mol. The van der Waals surface area contributed by atoms with Crippen LogP contribution in [-0.4, -0.2) is 30.8 Å². The molecule has 0 aliphatic carbocycles. The highest BCUT2D eigenvalue weighted by Gasteiger charge is 2.14. The van der Waals surface area contributed by atoms with Crippen LogP contribution in [0.5, 0.6) is 0 Å². The molecule has 1 atom stereocenters. The lowest BCUT2D eigenvalue weighted by atomic mass is 10.0. The van der Waals surface area contributed by atoms with Crippen LogP contribution in [0.1, 0.15) is 24.0 Å². The Bertz CT molecular complexity index is 473. The van der Waals surface area contributed by atoms with Gasteiger partial charge in [0.2, 0.25) is 0 Å². The molecule has 1 aromatic carbocycles. The average molecular weight is 281 g/mol. The standard InChI is InChI=1S/C14H20FN3O2/c15-13-11(4-1-5-12(13)14(16)18-19)8-17-7-10-3-2-6-20-9-10/h1,4-5,10,17,19H,2-3,6-9H2,(H2,16,18). The predicted molar refractivity (Wildman–Crippen MR) is 74.2 cm³/mol. The maximum atomic E-state index is 14.1. The van der Waals surface area contributed by atoms with Crippen LogP contribution in [0, 0.1) is 11.7 Å². The Labute approximate surface area is 117 Å². The van der Waals surface area contributed by atoms with E-state index in [0.717, 1.165) is 32.6 Å². The first-order valence-corrected chi connectivity index (χ1v) is 6.76. The molecule has 0 bridgehead atoms. The van der Waals surface area contributed by atoms with Crippen molar-refractivity contribution in [1.29, 1.82) is 0 Å². The maximum Gasteiger partial charge on any atom is 0.173 e. The number of amidine groups is 1. The highest BCUT2D eigenvalue weighted by molar-refractivity contribution is 5.97. The SMILES string of the molecule is N/C(=N/O)c1cccc(CNCC2CCCOC2)c1F. The van der Waals surface area contributed by atoms with Gasteiger partial charge in [-0.1, -0.05) is 17.3 Å². The summed E-state index contributed by atoms with van der Waals surface area (Å²) in [6, 6.07) is 4.87. The predicted octanol–water partition coefficient (Wildman–Crippen LogP) is 1.44.